The van der Waals surface area contributed by atoms with E-state index in [1.54, 1.807) is 12.1 Å². The molecule has 0 bridgehead atoms. The molecule has 1 atom stereocenters. The molecule has 0 saturated heterocycles. The zero-order valence-electron chi connectivity index (χ0n) is 14.2. The van der Waals surface area contributed by atoms with Gasteiger partial charge in [-0.1, -0.05) is 13.0 Å². The van der Waals surface area contributed by atoms with Gasteiger partial charge in [0.2, 0.25) is 0 Å². The molecule has 0 radical (unpaired) electrons. The van der Waals surface area contributed by atoms with Crippen molar-refractivity contribution >= 4 is 17.6 Å². The summed E-state index contributed by atoms with van der Waals surface area (Å²) in [6, 6.07) is 12.7. The van der Waals surface area contributed by atoms with Gasteiger partial charge in [0.15, 0.2) is 0 Å². The minimum Gasteiger partial charge on any atom is -0.369 e. The summed E-state index contributed by atoms with van der Waals surface area (Å²) in [7, 11) is 2.16. The van der Waals surface area contributed by atoms with E-state index in [-0.39, 0.29) is 11.4 Å². The quantitative estimate of drug-likeness (QED) is 0.687. The SMILES string of the molecule is C[C@H]1CC(C)(C)N(C)c2ccc(C=Nc3ccc(F)cc3)cc21. The smallest absolute Gasteiger partial charge is 0.123 e. The van der Waals surface area contributed by atoms with E-state index < -0.39 is 0 Å². The van der Waals surface area contributed by atoms with E-state index in [9.17, 15) is 4.39 Å². The molecule has 2 nitrogen and oxygen atoms in total. The summed E-state index contributed by atoms with van der Waals surface area (Å²) in [6.45, 7) is 6.86. The van der Waals surface area contributed by atoms with Crippen LogP contribution in [0.3, 0.4) is 0 Å². The van der Waals surface area contributed by atoms with Gasteiger partial charge < -0.3 is 4.90 Å². The van der Waals surface area contributed by atoms with E-state index in [1.165, 1.54) is 23.4 Å². The molecule has 1 aliphatic heterocycles. The molecular formula is C20H23FN2. The number of benzene rings is 2. The highest BCUT2D eigenvalue weighted by atomic mass is 19.1. The van der Waals surface area contributed by atoms with Crippen molar-refractivity contribution in [2.24, 2.45) is 4.99 Å². The van der Waals surface area contributed by atoms with Gasteiger partial charge in [-0.3, -0.25) is 4.99 Å². The highest BCUT2D eigenvalue weighted by Crippen LogP contribution is 2.42. The fourth-order valence-electron chi connectivity index (χ4n) is 3.35. The second-order valence-electron chi connectivity index (χ2n) is 7.03. The van der Waals surface area contributed by atoms with Crippen LogP contribution >= 0.6 is 0 Å². The van der Waals surface area contributed by atoms with Gasteiger partial charge in [-0.2, -0.15) is 0 Å². The van der Waals surface area contributed by atoms with Crippen molar-refractivity contribution < 1.29 is 4.39 Å². The second kappa shape index (κ2) is 5.80. The Hall–Kier alpha value is -2.16. The van der Waals surface area contributed by atoms with Crippen molar-refractivity contribution in [2.45, 2.75) is 38.6 Å². The van der Waals surface area contributed by atoms with Crippen molar-refractivity contribution in [3.05, 3.63) is 59.4 Å². The Kier molecular flexibility index (Phi) is 3.97. The Morgan fingerprint density at radius 1 is 1.17 bits per heavy atom. The maximum Gasteiger partial charge on any atom is 0.123 e. The van der Waals surface area contributed by atoms with Crippen LogP contribution < -0.4 is 4.90 Å². The molecule has 0 amide bonds. The molecule has 23 heavy (non-hydrogen) atoms. The lowest BCUT2D eigenvalue weighted by molar-refractivity contribution is 0.395. The molecule has 120 valence electrons. The number of aliphatic imine (C=N–C) groups is 1. The number of anilines is 1. The summed E-state index contributed by atoms with van der Waals surface area (Å²) in [4.78, 5) is 6.80. The van der Waals surface area contributed by atoms with Gasteiger partial charge in [-0.15, -0.1) is 0 Å². The summed E-state index contributed by atoms with van der Waals surface area (Å²) >= 11 is 0. The zero-order chi connectivity index (χ0) is 16.6. The van der Waals surface area contributed by atoms with Crippen molar-refractivity contribution in [2.75, 3.05) is 11.9 Å². The van der Waals surface area contributed by atoms with E-state index >= 15 is 0 Å². The van der Waals surface area contributed by atoms with Crippen LogP contribution in [0, 0.1) is 5.82 Å². The third kappa shape index (κ3) is 3.14. The van der Waals surface area contributed by atoms with Crippen LogP contribution in [0.4, 0.5) is 15.8 Å². The molecule has 0 aliphatic carbocycles. The molecular weight excluding hydrogens is 287 g/mol. The molecule has 0 fully saturated rings. The fourth-order valence-corrected chi connectivity index (χ4v) is 3.35. The zero-order valence-corrected chi connectivity index (χ0v) is 14.2. The van der Waals surface area contributed by atoms with Gasteiger partial charge in [0.25, 0.3) is 0 Å². The molecule has 1 heterocycles. The fraction of sp³-hybridized carbons (Fsp3) is 0.350. The van der Waals surface area contributed by atoms with Crippen LogP contribution in [0.25, 0.3) is 0 Å². The Balaban J connectivity index is 1.89. The molecule has 3 rings (SSSR count). The molecule has 0 aromatic heterocycles. The maximum atomic E-state index is 12.9. The van der Waals surface area contributed by atoms with E-state index in [0.717, 1.165) is 17.7 Å². The van der Waals surface area contributed by atoms with Crippen molar-refractivity contribution in [1.82, 2.24) is 0 Å². The molecule has 0 saturated carbocycles. The van der Waals surface area contributed by atoms with Crippen LogP contribution in [-0.4, -0.2) is 18.8 Å². The predicted molar refractivity (Wildman–Crippen MR) is 95.6 cm³/mol. The minimum atomic E-state index is -0.239. The van der Waals surface area contributed by atoms with E-state index in [2.05, 4.69) is 55.9 Å². The number of fused-ring (bicyclic) bond motifs is 1. The summed E-state index contributed by atoms with van der Waals surface area (Å²) in [6.07, 6.45) is 2.98. The van der Waals surface area contributed by atoms with Crippen LogP contribution in [0.15, 0.2) is 47.5 Å². The van der Waals surface area contributed by atoms with Crippen LogP contribution in [0.2, 0.25) is 0 Å². The standard InChI is InChI=1S/C20H23FN2/c1-14-12-20(2,3)23(4)19-10-5-15(11-18(14)19)13-22-17-8-6-16(21)7-9-17/h5-11,13-14H,12H2,1-4H3/t14-/m0/s1. The van der Waals surface area contributed by atoms with Crippen molar-refractivity contribution in [3.63, 3.8) is 0 Å². The van der Waals surface area contributed by atoms with E-state index in [0.29, 0.717) is 5.92 Å². The normalized spacial score (nSPS) is 19.9. The van der Waals surface area contributed by atoms with Gasteiger partial charge in [-0.25, -0.2) is 4.39 Å². The first-order chi connectivity index (χ1) is 10.9. The van der Waals surface area contributed by atoms with Crippen LogP contribution in [-0.2, 0) is 0 Å². The summed E-state index contributed by atoms with van der Waals surface area (Å²) in [5.41, 5.74) is 4.68. The number of halogens is 1. The third-order valence-corrected chi connectivity index (χ3v) is 4.85. The Morgan fingerprint density at radius 2 is 1.87 bits per heavy atom. The number of rotatable bonds is 2. The largest absolute Gasteiger partial charge is 0.369 e. The van der Waals surface area contributed by atoms with Gasteiger partial charge in [0, 0.05) is 24.5 Å². The highest BCUT2D eigenvalue weighted by molar-refractivity contribution is 5.83. The van der Waals surface area contributed by atoms with Crippen LogP contribution in [0.1, 0.15) is 44.2 Å². The predicted octanol–water partition coefficient (Wildman–Crippen LogP) is 5.30. The van der Waals surface area contributed by atoms with E-state index in [4.69, 9.17) is 0 Å². The van der Waals surface area contributed by atoms with Gasteiger partial charge in [0.1, 0.15) is 5.82 Å². The Morgan fingerprint density at radius 3 is 2.57 bits per heavy atom. The number of nitrogens with zero attached hydrogens (tertiary/aromatic N) is 2. The molecule has 0 unspecified atom stereocenters. The summed E-state index contributed by atoms with van der Waals surface area (Å²) in [5.74, 6) is 0.285. The van der Waals surface area contributed by atoms with E-state index in [1.807, 2.05) is 6.21 Å². The third-order valence-electron chi connectivity index (χ3n) is 4.85. The maximum absolute atomic E-state index is 12.9. The number of hydrogen-bond acceptors (Lipinski definition) is 2. The second-order valence-corrected chi connectivity index (χ2v) is 7.03. The molecule has 2 aromatic rings. The number of hydrogen-bond donors (Lipinski definition) is 0. The first kappa shape index (κ1) is 15.7. The Bertz CT molecular complexity index is 732. The lowest BCUT2D eigenvalue weighted by atomic mass is 9.80. The molecule has 0 spiro atoms. The lowest BCUT2D eigenvalue weighted by Gasteiger charge is -2.45. The first-order valence-electron chi connectivity index (χ1n) is 8.04. The van der Waals surface area contributed by atoms with Crippen LogP contribution in [0.5, 0.6) is 0 Å². The van der Waals surface area contributed by atoms with Gasteiger partial charge in [0.05, 0.1) is 5.69 Å². The first-order valence-corrected chi connectivity index (χ1v) is 8.04. The summed E-state index contributed by atoms with van der Waals surface area (Å²) in [5, 5.41) is 0. The van der Waals surface area contributed by atoms with Gasteiger partial charge in [-0.05, 0) is 73.7 Å². The topological polar surface area (TPSA) is 15.6 Å². The van der Waals surface area contributed by atoms with Gasteiger partial charge >= 0.3 is 0 Å². The average Bonchev–Trinajstić information content (AvgIpc) is 2.52. The highest BCUT2D eigenvalue weighted by Gasteiger charge is 2.33. The minimum absolute atomic E-state index is 0.177. The molecule has 2 aromatic carbocycles. The molecule has 1 aliphatic rings. The molecule has 3 heteroatoms. The lowest BCUT2D eigenvalue weighted by Crippen LogP contribution is -2.45. The monoisotopic (exact) mass is 310 g/mol. The summed E-state index contributed by atoms with van der Waals surface area (Å²) < 4.78 is 12.9. The van der Waals surface area contributed by atoms with Crippen molar-refractivity contribution in [1.29, 1.82) is 0 Å². The van der Waals surface area contributed by atoms with Crippen molar-refractivity contribution in [3.8, 4) is 0 Å². The molecule has 0 N–H and O–H groups in total. The Labute approximate surface area is 137 Å². The average molecular weight is 310 g/mol.